The molecule has 0 atom stereocenters. The van der Waals surface area contributed by atoms with E-state index in [-0.39, 0.29) is 11.5 Å². The van der Waals surface area contributed by atoms with Gasteiger partial charge in [-0.1, -0.05) is 13.0 Å². The molecule has 1 aliphatic rings. The van der Waals surface area contributed by atoms with Gasteiger partial charge in [0.15, 0.2) is 0 Å². The second kappa shape index (κ2) is 10.1. The molecule has 0 aliphatic carbocycles. The van der Waals surface area contributed by atoms with Crippen molar-refractivity contribution in [1.29, 1.82) is 0 Å². The smallest absolute Gasteiger partial charge is 0.338 e. The Hall–Kier alpha value is -2.95. The first-order valence-electron chi connectivity index (χ1n) is 11.2. The highest BCUT2D eigenvalue weighted by Crippen LogP contribution is 2.25. The SMILES string of the molecule is CCCn1c(COC(=O)c2ccc(C)c(OC)c2)nc2cc(S(=O)(=O)N3CCOCC3)ccc21. The van der Waals surface area contributed by atoms with Gasteiger partial charge in [0.2, 0.25) is 10.0 Å². The van der Waals surface area contributed by atoms with Gasteiger partial charge in [0.25, 0.3) is 0 Å². The van der Waals surface area contributed by atoms with E-state index in [4.69, 9.17) is 14.2 Å². The van der Waals surface area contributed by atoms with Crippen molar-refractivity contribution in [3.63, 3.8) is 0 Å². The molecule has 2 heterocycles. The number of aryl methyl sites for hydroxylation is 2. The van der Waals surface area contributed by atoms with Crippen LogP contribution >= 0.6 is 0 Å². The van der Waals surface area contributed by atoms with Crippen molar-refractivity contribution in [3.05, 3.63) is 53.3 Å². The van der Waals surface area contributed by atoms with Gasteiger partial charge in [-0.15, -0.1) is 0 Å². The third kappa shape index (κ3) is 4.79. The van der Waals surface area contributed by atoms with Gasteiger partial charge in [-0.3, -0.25) is 0 Å². The zero-order valence-electron chi connectivity index (χ0n) is 19.6. The maximum atomic E-state index is 13.1. The Morgan fingerprint density at radius 1 is 1.15 bits per heavy atom. The minimum Gasteiger partial charge on any atom is -0.496 e. The lowest BCUT2D eigenvalue weighted by Gasteiger charge is -2.26. The quantitative estimate of drug-likeness (QED) is 0.450. The zero-order valence-corrected chi connectivity index (χ0v) is 20.4. The molecule has 2 aromatic carbocycles. The first-order chi connectivity index (χ1) is 16.3. The standard InChI is InChI=1S/C24H29N3O6S/c1-4-9-27-21-8-7-19(34(29,30)26-10-12-32-13-11-26)15-20(21)25-23(27)16-33-24(28)18-6-5-17(2)22(14-18)31-3/h5-8,14-15H,4,9-13,16H2,1-3H3. The molecule has 1 aromatic heterocycles. The largest absolute Gasteiger partial charge is 0.496 e. The summed E-state index contributed by atoms with van der Waals surface area (Å²) in [4.78, 5) is 17.4. The third-order valence-electron chi connectivity index (χ3n) is 5.83. The number of morpholine rings is 1. The van der Waals surface area contributed by atoms with E-state index >= 15 is 0 Å². The maximum Gasteiger partial charge on any atom is 0.338 e. The number of imidazole rings is 1. The number of rotatable bonds is 8. The molecule has 10 heteroatoms. The molecule has 0 N–H and O–H groups in total. The van der Waals surface area contributed by atoms with E-state index < -0.39 is 16.0 Å². The lowest BCUT2D eigenvalue weighted by molar-refractivity contribution is 0.0458. The van der Waals surface area contributed by atoms with E-state index in [9.17, 15) is 13.2 Å². The van der Waals surface area contributed by atoms with E-state index in [2.05, 4.69) is 4.98 Å². The molecule has 1 saturated heterocycles. The molecule has 4 rings (SSSR count). The van der Waals surface area contributed by atoms with Crippen LogP contribution < -0.4 is 4.74 Å². The molecule has 1 aliphatic heterocycles. The van der Waals surface area contributed by atoms with E-state index in [1.165, 1.54) is 4.31 Å². The highest BCUT2D eigenvalue weighted by Gasteiger charge is 2.27. The summed E-state index contributed by atoms with van der Waals surface area (Å²) in [5.74, 6) is 0.691. The Kier molecular flexibility index (Phi) is 7.20. The predicted octanol–water partition coefficient (Wildman–Crippen LogP) is 3.14. The summed E-state index contributed by atoms with van der Waals surface area (Å²) in [5.41, 5.74) is 2.66. The monoisotopic (exact) mass is 487 g/mol. The van der Waals surface area contributed by atoms with Crippen molar-refractivity contribution in [2.75, 3.05) is 33.4 Å². The Balaban J connectivity index is 1.59. The van der Waals surface area contributed by atoms with Crippen LogP contribution in [0.2, 0.25) is 0 Å². The molecule has 0 saturated carbocycles. The number of sulfonamides is 1. The lowest BCUT2D eigenvalue weighted by Crippen LogP contribution is -2.40. The first kappa shape index (κ1) is 24.2. The molecule has 3 aromatic rings. The van der Waals surface area contributed by atoms with Crippen LogP contribution in [0.5, 0.6) is 5.75 Å². The fourth-order valence-electron chi connectivity index (χ4n) is 4.00. The van der Waals surface area contributed by atoms with E-state index in [1.807, 2.05) is 18.4 Å². The van der Waals surface area contributed by atoms with Gasteiger partial charge < -0.3 is 18.8 Å². The van der Waals surface area contributed by atoms with Crippen molar-refractivity contribution in [2.24, 2.45) is 0 Å². The molecule has 1 fully saturated rings. The van der Waals surface area contributed by atoms with Gasteiger partial charge in [0, 0.05) is 19.6 Å². The maximum absolute atomic E-state index is 13.1. The first-order valence-corrected chi connectivity index (χ1v) is 12.7. The summed E-state index contributed by atoms with van der Waals surface area (Å²) < 4.78 is 45.6. The van der Waals surface area contributed by atoms with Gasteiger partial charge in [0.1, 0.15) is 18.2 Å². The summed E-state index contributed by atoms with van der Waals surface area (Å²) in [7, 11) is -2.08. The summed E-state index contributed by atoms with van der Waals surface area (Å²) in [6.45, 7) is 5.99. The van der Waals surface area contributed by atoms with Crippen molar-refractivity contribution in [1.82, 2.24) is 13.9 Å². The second-order valence-electron chi connectivity index (χ2n) is 8.11. The van der Waals surface area contributed by atoms with Crippen molar-refractivity contribution in [3.8, 4) is 5.75 Å². The fourth-order valence-corrected chi connectivity index (χ4v) is 5.43. The minimum absolute atomic E-state index is 0.0325. The number of carbonyl (C=O) groups is 1. The second-order valence-corrected chi connectivity index (χ2v) is 10.0. The lowest BCUT2D eigenvalue weighted by atomic mass is 10.1. The number of hydrogen-bond acceptors (Lipinski definition) is 7. The van der Waals surface area contributed by atoms with Gasteiger partial charge in [0.05, 0.1) is 41.8 Å². The topological polar surface area (TPSA) is 100.0 Å². The van der Waals surface area contributed by atoms with Crippen molar-refractivity contribution < 1.29 is 27.4 Å². The van der Waals surface area contributed by atoms with Crippen LogP contribution in [-0.4, -0.2) is 61.7 Å². The summed E-state index contributed by atoms with van der Waals surface area (Å²) in [5, 5.41) is 0. The van der Waals surface area contributed by atoms with Gasteiger partial charge in [-0.25, -0.2) is 18.2 Å². The average Bonchev–Trinajstić information content (AvgIpc) is 3.20. The molecule has 34 heavy (non-hydrogen) atoms. The van der Waals surface area contributed by atoms with Crippen LogP contribution in [0.1, 0.15) is 35.1 Å². The van der Waals surface area contributed by atoms with Gasteiger partial charge >= 0.3 is 5.97 Å². The van der Waals surface area contributed by atoms with Crippen LogP contribution in [0, 0.1) is 6.92 Å². The van der Waals surface area contributed by atoms with Crippen LogP contribution in [0.15, 0.2) is 41.3 Å². The molecular weight excluding hydrogens is 458 g/mol. The zero-order chi connectivity index (χ0) is 24.3. The number of aromatic nitrogens is 2. The van der Waals surface area contributed by atoms with E-state index in [0.717, 1.165) is 17.5 Å². The van der Waals surface area contributed by atoms with Crippen molar-refractivity contribution >= 4 is 27.0 Å². The van der Waals surface area contributed by atoms with E-state index in [0.29, 0.717) is 55.5 Å². The summed E-state index contributed by atoms with van der Waals surface area (Å²) >= 11 is 0. The summed E-state index contributed by atoms with van der Waals surface area (Å²) in [6.07, 6.45) is 0.843. The Bertz CT molecular complexity index is 1300. The third-order valence-corrected chi connectivity index (χ3v) is 7.72. The normalized spacial score (nSPS) is 14.9. The average molecular weight is 488 g/mol. The Morgan fingerprint density at radius 3 is 2.62 bits per heavy atom. The fraction of sp³-hybridized carbons (Fsp3) is 0.417. The van der Waals surface area contributed by atoms with Crippen molar-refractivity contribution in [2.45, 2.75) is 38.3 Å². The van der Waals surface area contributed by atoms with Crippen LogP contribution in [0.4, 0.5) is 0 Å². The molecule has 0 unspecified atom stereocenters. The minimum atomic E-state index is -3.63. The van der Waals surface area contributed by atoms with Crippen LogP contribution in [0.3, 0.4) is 0 Å². The van der Waals surface area contributed by atoms with Crippen LogP contribution in [0.25, 0.3) is 11.0 Å². The highest BCUT2D eigenvalue weighted by atomic mass is 32.2. The number of methoxy groups -OCH3 is 1. The number of ether oxygens (including phenoxy) is 3. The summed E-state index contributed by atoms with van der Waals surface area (Å²) in [6, 6.07) is 10.1. The molecular formula is C24H29N3O6S. The molecule has 0 amide bonds. The number of hydrogen-bond donors (Lipinski definition) is 0. The number of esters is 1. The number of nitrogens with zero attached hydrogens (tertiary/aromatic N) is 3. The van der Waals surface area contributed by atoms with Gasteiger partial charge in [-0.2, -0.15) is 4.31 Å². The Morgan fingerprint density at radius 2 is 1.91 bits per heavy atom. The highest BCUT2D eigenvalue weighted by molar-refractivity contribution is 7.89. The number of benzene rings is 2. The predicted molar refractivity (Wildman–Crippen MR) is 126 cm³/mol. The molecule has 0 radical (unpaired) electrons. The molecule has 182 valence electrons. The molecule has 0 bridgehead atoms. The molecule has 9 nitrogen and oxygen atoms in total. The van der Waals surface area contributed by atoms with E-state index in [1.54, 1.807) is 43.5 Å². The number of carbonyl (C=O) groups excluding carboxylic acids is 1. The Labute approximate surface area is 199 Å². The number of fused-ring (bicyclic) bond motifs is 1. The van der Waals surface area contributed by atoms with Gasteiger partial charge in [-0.05, 0) is 49.2 Å². The molecule has 0 spiro atoms. The van der Waals surface area contributed by atoms with Crippen LogP contribution in [-0.2, 0) is 32.6 Å².